The molecule has 1 aromatic carbocycles. The van der Waals surface area contributed by atoms with Gasteiger partial charge < -0.3 is 9.47 Å². The van der Waals surface area contributed by atoms with E-state index in [1.807, 2.05) is 23.6 Å². The van der Waals surface area contributed by atoms with Crippen LogP contribution in [0.2, 0.25) is 5.02 Å². The van der Waals surface area contributed by atoms with Crippen molar-refractivity contribution in [1.82, 2.24) is 24.6 Å². The van der Waals surface area contributed by atoms with Gasteiger partial charge in [0.25, 0.3) is 5.91 Å². The maximum Gasteiger partial charge on any atom is 0.417 e. The summed E-state index contributed by atoms with van der Waals surface area (Å²) in [7, 11) is 0. The Morgan fingerprint density at radius 1 is 1.17 bits per heavy atom. The number of hydrogen-bond acceptors (Lipinski definition) is 4. The molecular weight excluding hydrogens is 419 g/mol. The summed E-state index contributed by atoms with van der Waals surface area (Å²) < 4.78 is 41.2. The highest BCUT2D eigenvalue weighted by atomic mass is 35.5. The first-order chi connectivity index (χ1) is 14.3. The van der Waals surface area contributed by atoms with Crippen LogP contribution in [0.5, 0.6) is 0 Å². The van der Waals surface area contributed by atoms with Crippen molar-refractivity contribution < 1.29 is 18.0 Å². The van der Waals surface area contributed by atoms with Crippen molar-refractivity contribution in [2.75, 3.05) is 6.54 Å². The maximum absolute atomic E-state index is 13.1. The minimum atomic E-state index is -4.63. The molecule has 30 heavy (non-hydrogen) atoms. The van der Waals surface area contributed by atoms with E-state index in [1.165, 1.54) is 17.0 Å². The van der Waals surface area contributed by atoms with E-state index in [2.05, 4.69) is 15.2 Å². The molecule has 0 atom stereocenters. The molecular formula is C20H17ClF3N5O. The van der Waals surface area contributed by atoms with Gasteiger partial charge >= 0.3 is 6.18 Å². The number of carbonyl (C=O) groups is 1. The molecule has 1 aliphatic heterocycles. The van der Waals surface area contributed by atoms with Crippen molar-refractivity contribution in [1.29, 1.82) is 0 Å². The Balaban J connectivity index is 1.62. The first-order valence-electron chi connectivity index (χ1n) is 9.32. The lowest BCUT2D eigenvalue weighted by Gasteiger charge is -2.28. The first kappa shape index (κ1) is 20.3. The van der Waals surface area contributed by atoms with Crippen LogP contribution in [-0.4, -0.2) is 37.1 Å². The van der Waals surface area contributed by atoms with Gasteiger partial charge in [0.05, 0.1) is 22.7 Å². The predicted molar refractivity (Wildman–Crippen MR) is 104 cm³/mol. The van der Waals surface area contributed by atoms with Crippen LogP contribution in [-0.2, 0) is 25.7 Å². The monoisotopic (exact) mass is 435 g/mol. The second-order valence-electron chi connectivity index (χ2n) is 6.85. The number of rotatable bonds is 3. The average molecular weight is 436 g/mol. The molecule has 0 saturated carbocycles. The van der Waals surface area contributed by atoms with Crippen LogP contribution in [0.1, 0.15) is 34.2 Å². The van der Waals surface area contributed by atoms with Gasteiger partial charge in [0.1, 0.15) is 5.69 Å². The fourth-order valence-corrected chi connectivity index (χ4v) is 3.83. The van der Waals surface area contributed by atoms with Crippen molar-refractivity contribution in [3.63, 3.8) is 0 Å². The SMILES string of the molecule is CCc1cccnc1-c1nnc2n1CCN(C(=O)c1cccc(C(F)(F)F)c1Cl)C2. The van der Waals surface area contributed by atoms with E-state index in [4.69, 9.17) is 11.6 Å². The number of pyridine rings is 1. The summed E-state index contributed by atoms with van der Waals surface area (Å²) in [6.07, 6.45) is -2.17. The quantitative estimate of drug-likeness (QED) is 0.617. The van der Waals surface area contributed by atoms with Crippen molar-refractivity contribution in [3.8, 4) is 11.5 Å². The van der Waals surface area contributed by atoms with Crippen LogP contribution < -0.4 is 0 Å². The van der Waals surface area contributed by atoms with Crippen LogP contribution in [0, 0.1) is 0 Å². The van der Waals surface area contributed by atoms with E-state index in [0.29, 0.717) is 18.2 Å². The Labute approximate surface area is 175 Å². The van der Waals surface area contributed by atoms with Gasteiger partial charge in [-0.15, -0.1) is 10.2 Å². The topological polar surface area (TPSA) is 63.9 Å². The van der Waals surface area contributed by atoms with E-state index >= 15 is 0 Å². The van der Waals surface area contributed by atoms with E-state index < -0.39 is 22.7 Å². The van der Waals surface area contributed by atoms with E-state index in [1.54, 1.807) is 6.20 Å². The third-order valence-electron chi connectivity index (χ3n) is 5.06. The van der Waals surface area contributed by atoms with E-state index in [-0.39, 0.29) is 18.7 Å². The van der Waals surface area contributed by atoms with E-state index in [9.17, 15) is 18.0 Å². The molecule has 0 aliphatic carbocycles. The number of hydrogen-bond donors (Lipinski definition) is 0. The molecule has 0 radical (unpaired) electrons. The number of halogens is 4. The molecule has 1 aliphatic rings. The molecule has 0 bridgehead atoms. The Bertz CT molecular complexity index is 1110. The Hall–Kier alpha value is -2.94. The number of alkyl halides is 3. The van der Waals surface area contributed by atoms with Gasteiger partial charge in [-0.05, 0) is 30.2 Å². The third-order valence-corrected chi connectivity index (χ3v) is 5.47. The van der Waals surface area contributed by atoms with Crippen molar-refractivity contribution in [2.45, 2.75) is 32.6 Å². The highest BCUT2D eigenvalue weighted by Gasteiger charge is 2.36. The van der Waals surface area contributed by atoms with Gasteiger partial charge in [0.15, 0.2) is 11.6 Å². The van der Waals surface area contributed by atoms with Crippen molar-refractivity contribution in [2.24, 2.45) is 0 Å². The van der Waals surface area contributed by atoms with Crippen LogP contribution in [0.4, 0.5) is 13.2 Å². The van der Waals surface area contributed by atoms with Gasteiger partial charge in [-0.3, -0.25) is 9.78 Å². The fourth-order valence-electron chi connectivity index (χ4n) is 3.52. The molecule has 10 heteroatoms. The Morgan fingerprint density at radius 3 is 2.70 bits per heavy atom. The molecule has 156 valence electrons. The molecule has 0 N–H and O–H groups in total. The second kappa shape index (κ2) is 7.71. The minimum Gasteiger partial charge on any atom is -0.329 e. The summed E-state index contributed by atoms with van der Waals surface area (Å²) in [6, 6.07) is 7.16. The van der Waals surface area contributed by atoms with Crippen LogP contribution >= 0.6 is 11.6 Å². The molecule has 0 fully saturated rings. The fraction of sp³-hybridized carbons (Fsp3) is 0.300. The van der Waals surface area contributed by atoms with Gasteiger partial charge in [-0.25, -0.2) is 0 Å². The Kier molecular flexibility index (Phi) is 5.23. The zero-order valence-electron chi connectivity index (χ0n) is 15.9. The zero-order valence-corrected chi connectivity index (χ0v) is 16.7. The molecule has 3 heterocycles. The summed E-state index contributed by atoms with van der Waals surface area (Å²) >= 11 is 5.92. The van der Waals surface area contributed by atoms with Gasteiger partial charge in [0, 0.05) is 19.3 Å². The molecule has 0 spiro atoms. The molecule has 6 nitrogen and oxygen atoms in total. The molecule has 0 saturated heterocycles. The smallest absolute Gasteiger partial charge is 0.329 e. The van der Waals surface area contributed by atoms with Crippen LogP contribution in [0.3, 0.4) is 0 Å². The summed E-state index contributed by atoms with van der Waals surface area (Å²) in [5.41, 5.74) is 0.554. The lowest BCUT2D eigenvalue weighted by Crippen LogP contribution is -2.38. The number of aromatic nitrogens is 4. The summed E-state index contributed by atoms with van der Waals surface area (Å²) in [5, 5.41) is 7.83. The van der Waals surface area contributed by atoms with Crippen LogP contribution in [0.25, 0.3) is 11.5 Å². The maximum atomic E-state index is 13.1. The van der Waals surface area contributed by atoms with Crippen molar-refractivity contribution in [3.05, 3.63) is 64.1 Å². The standard InChI is InChI=1S/C20H17ClF3N5O/c1-2-12-5-4-8-25-17(12)18-27-26-15-11-28(9-10-29(15)18)19(30)13-6-3-7-14(16(13)21)20(22,23)24/h3-8H,2,9-11H2,1H3. The van der Waals surface area contributed by atoms with Gasteiger partial charge in [0.2, 0.25) is 0 Å². The van der Waals surface area contributed by atoms with Crippen molar-refractivity contribution >= 4 is 17.5 Å². The van der Waals surface area contributed by atoms with Crippen LogP contribution in [0.15, 0.2) is 36.5 Å². The lowest BCUT2D eigenvalue weighted by molar-refractivity contribution is -0.137. The lowest BCUT2D eigenvalue weighted by atomic mass is 10.1. The molecule has 4 rings (SSSR count). The normalized spacial score (nSPS) is 14.0. The molecule has 1 amide bonds. The number of nitrogens with zero attached hydrogens (tertiary/aromatic N) is 5. The minimum absolute atomic E-state index is 0.118. The first-order valence-corrected chi connectivity index (χ1v) is 9.70. The number of amides is 1. The van der Waals surface area contributed by atoms with E-state index in [0.717, 1.165) is 23.7 Å². The largest absolute Gasteiger partial charge is 0.417 e. The Morgan fingerprint density at radius 2 is 1.97 bits per heavy atom. The summed E-state index contributed by atoms with van der Waals surface area (Å²) in [5.74, 6) is 0.584. The summed E-state index contributed by atoms with van der Waals surface area (Å²) in [6.45, 7) is 2.83. The highest BCUT2D eigenvalue weighted by Crippen LogP contribution is 2.36. The zero-order chi connectivity index (χ0) is 21.5. The van der Waals surface area contributed by atoms with Gasteiger partial charge in [-0.1, -0.05) is 30.7 Å². The predicted octanol–water partition coefficient (Wildman–Crippen LogP) is 4.23. The number of benzene rings is 1. The number of carbonyl (C=O) groups excluding carboxylic acids is 1. The average Bonchev–Trinajstić information content (AvgIpc) is 3.15. The molecule has 0 unspecified atom stereocenters. The highest BCUT2D eigenvalue weighted by molar-refractivity contribution is 6.34. The molecule has 3 aromatic rings. The molecule has 2 aromatic heterocycles. The third kappa shape index (κ3) is 3.54. The number of fused-ring (bicyclic) bond motifs is 1. The summed E-state index contributed by atoms with van der Waals surface area (Å²) in [4.78, 5) is 18.7. The number of aryl methyl sites for hydroxylation is 1. The van der Waals surface area contributed by atoms with Gasteiger partial charge in [-0.2, -0.15) is 13.2 Å². The second-order valence-corrected chi connectivity index (χ2v) is 7.23.